The molecule has 0 N–H and O–H groups in total. The first-order valence-corrected chi connectivity index (χ1v) is 5.12. The van der Waals surface area contributed by atoms with Crippen LogP contribution in [-0.4, -0.2) is 19.3 Å². The summed E-state index contributed by atoms with van der Waals surface area (Å²) in [6.45, 7) is 2.68. The van der Waals surface area contributed by atoms with Gasteiger partial charge in [-0.05, 0) is 22.9 Å². The van der Waals surface area contributed by atoms with E-state index in [-0.39, 0.29) is 0 Å². The van der Waals surface area contributed by atoms with Crippen molar-refractivity contribution in [2.75, 3.05) is 0 Å². The number of aromatic nitrogens is 4. The van der Waals surface area contributed by atoms with Gasteiger partial charge in [0.25, 0.3) is 0 Å². The van der Waals surface area contributed by atoms with E-state index in [0.29, 0.717) is 6.54 Å². The monoisotopic (exact) mass is 254 g/mol. The van der Waals surface area contributed by atoms with Gasteiger partial charge in [-0.25, -0.2) is 4.98 Å². The molecule has 0 radical (unpaired) electrons. The van der Waals surface area contributed by atoms with E-state index in [0.717, 1.165) is 16.0 Å². The van der Waals surface area contributed by atoms with Crippen LogP contribution in [0.15, 0.2) is 23.1 Å². The minimum absolute atomic E-state index is 0.704. The molecule has 2 aromatic rings. The molecule has 0 aliphatic carbocycles. The fourth-order valence-corrected chi connectivity index (χ4v) is 1.58. The highest BCUT2D eigenvalue weighted by molar-refractivity contribution is 9.10. The third kappa shape index (κ3) is 1.72. The van der Waals surface area contributed by atoms with Crippen LogP contribution in [0.3, 0.4) is 0 Å². The summed E-state index contributed by atoms with van der Waals surface area (Å²) in [6, 6.07) is 0. The van der Waals surface area contributed by atoms with Crippen LogP contribution in [0.1, 0.15) is 11.5 Å². The highest BCUT2D eigenvalue weighted by atomic mass is 79.9. The van der Waals surface area contributed by atoms with Gasteiger partial charge in [0, 0.05) is 25.6 Å². The van der Waals surface area contributed by atoms with Gasteiger partial charge in [-0.3, -0.25) is 4.68 Å². The third-order valence-corrected chi connectivity index (χ3v) is 2.89. The molecule has 0 aromatic carbocycles. The molecule has 0 fully saturated rings. The number of hydrogen-bond donors (Lipinski definition) is 0. The summed E-state index contributed by atoms with van der Waals surface area (Å²) >= 11 is 3.43. The maximum Gasteiger partial charge on any atom is 0.130 e. The lowest BCUT2D eigenvalue weighted by Gasteiger charge is -2.01. The van der Waals surface area contributed by atoms with Gasteiger partial charge in [-0.2, -0.15) is 5.10 Å². The lowest BCUT2D eigenvalue weighted by molar-refractivity contribution is 0.627. The zero-order valence-corrected chi connectivity index (χ0v) is 9.69. The molecule has 0 amide bonds. The first kappa shape index (κ1) is 9.45. The number of rotatable bonds is 2. The third-order valence-electron chi connectivity index (χ3n) is 2.11. The topological polar surface area (TPSA) is 35.6 Å². The summed E-state index contributed by atoms with van der Waals surface area (Å²) in [5.41, 5.74) is 0.999. The lowest BCUT2D eigenvalue weighted by Crippen LogP contribution is -2.06. The fraction of sp³-hybridized carbons (Fsp3) is 0.333. The highest BCUT2D eigenvalue weighted by Gasteiger charge is 2.04. The summed E-state index contributed by atoms with van der Waals surface area (Å²) in [4.78, 5) is 4.24. The van der Waals surface area contributed by atoms with Crippen LogP contribution < -0.4 is 0 Å². The SMILES string of the molecule is Cc1nn(Cc2nccn2C)cc1Br. The second-order valence-corrected chi connectivity index (χ2v) is 4.07. The molecule has 74 valence electrons. The number of nitrogens with zero attached hydrogens (tertiary/aromatic N) is 4. The predicted molar refractivity (Wildman–Crippen MR) is 57.0 cm³/mol. The Morgan fingerprint density at radius 3 is 2.79 bits per heavy atom. The predicted octanol–water partition coefficient (Wildman–Crippen LogP) is 1.74. The van der Waals surface area contributed by atoms with E-state index in [9.17, 15) is 0 Å². The maximum absolute atomic E-state index is 4.34. The van der Waals surface area contributed by atoms with Crippen LogP contribution in [-0.2, 0) is 13.6 Å². The number of halogens is 1. The van der Waals surface area contributed by atoms with Gasteiger partial charge in [-0.15, -0.1) is 0 Å². The smallest absolute Gasteiger partial charge is 0.130 e. The summed E-state index contributed by atoms with van der Waals surface area (Å²) < 4.78 is 4.90. The van der Waals surface area contributed by atoms with Gasteiger partial charge in [0.2, 0.25) is 0 Å². The Morgan fingerprint density at radius 1 is 1.50 bits per heavy atom. The van der Waals surface area contributed by atoms with Gasteiger partial charge < -0.3 is 4.57 Å². The van der Waals surface area contributed by atoms with Crippen LogP contribution in [0, 0.1) is 6.92 Å². The summed E-state index contributed by atoms with van der Waals surface area (Å²) in [5, 5.41) is 4.34. The molecule has 0 aliphatic heterocycles. The Bertz CT molecular complexity index is 424. The Morgan fingerprint density at radius 2 is 2.29 bits per heavy atom. The quantitative estimate of drug-likeness (QED) is 0.819. The largest absolute Gasteiger partial charge is 0.336 e. The van der Waals surface area contributed by atoms with E-state index in [1.807, 2.05) is 35.6 Å². The minimum Gasteiger partial charge on any atom is -0.336 e. The van der Waals surface area contributed by atoms with Crippen LogP contribution in [0.4, 0.5) is 0 Å². The average Bonchev–Trinajstić information content (AvgIpc) is 2.63. The molecular weight excluding hydrogens is 244 g/mol. The molecule has 2 heterocycles. The highest BCUT2D eigenvalue weighted by Crippen LogP contribution is 2.13. The Balaban J connectivity index is 2.23. The Labute approximate surface area is 90.7 Å². The van der Waals surface area contributed by atoms with E-state index in [4.69, 9.17) is 0 Å². The zero-order valence-electron chi connectivity index (χ0n) is 8.11. The molecule has 0 saturated heterocycles. The molecule has 0 aliphatic rings. The molecule has 4 nitrogen and oxygen atoms in total. The molecule has 14 heavy (non-hydrogen) atoms. The molecule has 0 saturated carbocycles. The van der Waals surface area contributed by atoms with Crippen molar-refractivity contribution >= 4 is 15.9 Å². The van der Waals surface area contributed by atoms with Crippen LogP contribution in [0.2, 0.25) is 0 Å². The van der Waals surface area contributed by atoms with Crippen molar-refractivity contribution in [1.29, 1.82) is 0 Å². The van der Waals surface area contributed by atoms with E-state index >= 15 is 0 Å². The average molecular weight is 255 g/mol. The molecule has 5 heteroatoms. The zero-order chi connectivity index (χ0) is 10.1. The minimum atomic E-state index is 0.704. The van der Waals surface area contributed by atoms with E-state index in [1.54, 1.807) is 6.20 Å². The molecule has 0 bridgehead atoms. The second kappa shape index (κ2) is 3.57. The first-order valence-electron chi connectivity index (χ1n) is 4.32. The standard InChI is InChI=1S/C9H11BrN4/c1-7-8(10)5-14(12-7)6-9-11-3-4-13(9)2/h3-5H,6H2,1-2H3. The van der Waals surface area contributed by atoms with Crippen molar-refractivity contribution in [3.63, 3.8) is 0 Å². The van der Waals surface area contributed by atoms with Gasteiger partial charge in [0.05, 0.1) is 16.7 Å². The maximum atomic E-state index is 4.34. The molecule has 0 spiro atoms. The number of hydrogen-bond acceptors (Lipinski definition) is 2. The first-order chi connectivity index (χ1) is 6.66. The molecular formula is C9H11BrN4. The lowest BCUT2D eigenvalue weighted by atomic mass is 10.5. The fourth-order valence-electron chi connectivity index (χ4n) is 1.27. The van der Waals surface area contributed by atoms with Gasteiger partial charge in [0.1, 0.15) is 5.82 Å². The second-order valence-electron chi connectivity index (χ2n) is 3.21. The van der Waals surface area contributed by atoms with E-state index in [1.165, 1.54) is 0 Å². The summed E-state index contributed by atoms with van der Waals surface area (Å²) in [7, 11) is 1.98. The van der Waals surface area contributed by atoms with Crippen molar-refractivity contribution in [2.24, 2.45) is 7.05 Å². The molecule has 2 rings (SSSR count). The number of aryl methyl sites for hydroxylation is 2. The van der Waals surface area contributed by atoms with Crippen LogP contribution >= 0.6 is 15.9 Å². The van der Waals surface area contributed by atoms with Crippen LogP contribution in [0.25, 0.3) is 0 Å². The van der Waals surface area contributed by atoms with E-state index in [2.05, 4.69) is 26.0 Å². The van der Waals surface area contributed by atoms with Gasteiger partial charge in [-0.1, -0.05) is 0 Å². The summed E-state index contributed by atoms with van der Waals surface area (Å²) in [5.74, 6) is 1.00. The van der Waals surface area contributed by atoms with Crippen molar-refractivity contribution < 1.29 is 0 Å². The normalized spacial score (nSPS) is 10.8. The van der Waals surface area contributed by atoms with Crippen LogP contribution in [0.5, 0.6) is 0 Å². The van der Waals surface area contributed by atoms with Crippen molar-refractivity contribution in [3.8, 4) is 0 Å². The van der Waals surface area contributed by atoms with Crippen molar-refractivity contribution in [2.45, 2.75) is 13.5 Å². The van der Waals surface area contributed by atoms with Crippen molar-refractivity contribution in [1.82, 2.24) is 19.3 Å². The van der Waals surface area contributed by atoms with Gasteiger partial charge in [0.15, 0.2) is 0 Å². The number of imidazole rings is 1. The van der Waals surface area contributed by atoms with Gasteiger partial charge >= 0.3 is 0 Å². The summed E-state index contributed by atoms with van der Waals surface area (Å²) in [6.07, 6.45) is 5.69. The van der Waals surface area contributed by atoms with Crippen molar-refractivity contribution in [3.05, 3.63) is 34.6 Å². The molecule has 0 unspecified atom stereocenters. The molecule has 0 atom stereocenters. The van der Waals surface area contributed by atoms with E-state index < -0.39 is 0 Å². The Hall–Kier alpha value is -1.10. The molecule has 2 aromatic heterocycles. The Kier molecular flexibility index (Phi) is 2.41.